The van der Waals surface area contributed by atoms with Crippen molar-refractivity contribution in [1.29, 1.82) is 0 Å². The summed E-state index contributed by atoms with van der Waals surface area (Å²) in [5.74, 6) is -0.309. The van der Waals surface area contributed by atoms with Crippen molar-refractivity contribution in [2.45, 2.75) is 57.1 Å². The van der Waals surface area contributed by atoms with E-state index < -0.39 is 24.5 Å². The van der Waals surface area contributed by atoms with E-state index in [9.17, 15) is 27.6 Å². The number of carbonyl (C=O) groups excluding carboxylic acids is 3. The third-order valence-corrected chi connectivity index (χ3v) is 7.63. The number of alkyl halides is 3. The van der Waals surface area contributed by atoms with Crippen LogP contribution in [0.1, 0.15) is 46.4 Å². The van der Waals surface area contributed by atoms with Crippen LogP contribution >= 0.6 is 0 Å². The number of rotatable bonds is 6. The number of pyridine rings is 1. The first-order chi connectivity index (χ1) is 19.1. The second kappa shape index (κ2) is 10.2. The third-order valence-electron chi connectivity index (χ3n) is 7.63. The van der Waals surface area contributed by atoms with Crippen LogP contribution in [0.5, 0.6) is 5.75 Å². The van der Waals surface area contributed by atoms with Gasteiger partial charge in [-0.1, -0.05) is 12.1 Å². The van der Waals surface area contributed by atoms with Crippen molar-refractivity contribution < 1.29 is 32.3 Å². The second-order valence-electron chi connectivity index (χ2n) is 10.6. The Bertz CT molecular complexity index is 1510. The largest absolute Gasteiger partial charge is 0.489 e. The Balaban J connectivity index is 1.06. The first kappa shape index (κ1) is 26.2. The van der Waals surface area contributed by atoms with Crippen LogP contribution in [0.3, 0.4) is 0 Å². The Morgan fingerprint density at radius 1 is 1.02 bits per heavy atom. The molecule has 4 heterocycles. The number of likely N-dealkylation sites (tertiary alicyclic amines) is 1. The fraction of sp³-hybridized carbons (Fsp3) is 0.379. The monoisotopic (exact) mass is 552 g/mol. The minimum atomic E-state index is -4.29. The Hall–Kier alpha value is -3.99. The number of halogens is 3. The van der Waals surface area contributed by atoms with Gasteiger partial charge in [0, 0.05) is 43.5 Å². The lowest BCUT2D eigenvalue weighted by Crippen LogP contribution is -2.52. The number of nitrogens with one attached hydrogen (secondary N) is 1. The van der Waals surface area contributed by atoms with Crippen molar-refractivity contribution in [3.05, 3.63) is 70.9 Å². The second-order valence-corrected chi connectivity index (χ2v) is 10.6. The maximum absolute atomic E-state index is 12.9. The molecule has 2 atom stereocenters. The number of piperidine rings is 1. The van der Waals surface area contributed by atoms with Crippen molar-refractivity contribution in [3.63, 3.8) is 0 Å². The van der Waals surface area contributed by atoms with E-state index in [1.54, 1.807) is 24.3 Å². The Morgan fingerprint density at radius 2 is 1.88 bits per heavy atom. The zero-order chi connectivity index (χ0) is 28.0. The molecule has 3 aliphatic heterocycles. The number of imide groups is 1. The standard InChI is InChI=1S/C29H27F3N4O4/c30-29(31,32)13-20-3-2-18-11-17(1-6-24(18)33-20)14-35-10-9-22(16-35)40-21-4-5-23-19(12-21)15-36(28(23)39)25-7-8-26(37)34-27(25)38/h1-6,11-12,22,25H,7-10,13-16H2,(H,34,37,38)/t22-,25?/m0/s1. The predicted molar refractivity (Wildman–Crippen MR) is 138 cm³/mol. The van der Waals surface area contributed by atoms with E-state index in [1.165, 1.54) is 11.0 Å². The van der Waals surface area contributed by atoms with Gasteiger partial charge in [-0.05, 0) is 60.4 Å². The van der Waals surface area contributed by atoms with Crippen molar-refractivity contribution in [1.82, 2.24) is 20.1 Å². The molecule has 0 radical (unpaired) electrons. The van der Waals surface area contributed by atoms with Crippen LogP contribution in [-0.2, 0) is 29.1 Å². The van der Waals surface area contributed by atoms with Crippen molar-refractivity contribution in [3.8, 4) is 5.75 Å². The Morgan fingerprint density at radius 3 is 2.67 bits per heavy atom. The smallest absolute Gasteiger partial charge is 0.394 e. The number of carbonyl (C=O) groups is 3. The summed E-state index contributed by atoms with van der Waals surface area (Å²) in [5, 5.41) is 3.11. The van der Waals surface area contributed by atoms with Gasteiger partial charge in [0.15, 0.2) is 0 Å². The van der Waals surface area contributed by atoms with Gasteiger partial charge in [-0.25, -0.2) is 0 Å². The van der Waals surface area contributed by atoms with E-state index in [-0.39, 0.29) is 30.0 Å². The predicted octanol–water partition coefficient (Wildman–Crippen LogP) is 3.75. The molecule has 40 heavy (non-hydrogen) atoms. The lowest BCUT2D eigenvalue weighted by atomic mass is 10.0. The average molecular weight is 553 g/mol. The molecular weight excluding hydrogens is 525 g/mol. The summed E-state index contributed by atoms with van der Waals surface area (Å²) in [6, 6.07) is 13.4. The molecule has 3 aliphatic rings. The van der Waals surface area contributed by atoms with Gasteiger partial charge in [0.05, 0.1) is 17.6 Å². The normalized spacial score (nSPS) is 21.7. The van der Waals surface area contributed by atoms with Crippen LogP contribution < -0.4 is 10.1 Å². The Kier molecular flexibility index (Phi) is 6.69. The van der Waals surface area contributed by atoms with Crippen LogP contribution in [0, 0.1) is 0 Å². The minimum absolute atomic E-state index is 0.00638. The molecular formula is C29H27F3N4O4. The highest BCUT2D eigenvalue weighted by Crippen LogP contribution is 2.31. The van der Waals surface area contributed by atoms with Crippen LogP contribution in [0.4, 0.5) is 13.2 Å². The van der Waals surface area contributed by atoms with Crippen molar-refractivity contribution in [2.75, 3.05) is 13.1 Å². The number of hydrogen-bond acceptors (Lipinski definition) is 6. The van der Waals surface area contributed by atoms with Crippen LogP contribution in [0.2, 0.25) is 0 Å². The number of aromatic nitrogens is 1. The number of nitrogens with zero attached hydrogens (tertiary/aromatic N) is 3. The van der Waals surface area contributed by atoms with Crippen molar-refractivity contribution >= 4 is 28.6 Å². The number of amides is 3. The Labute approximate surface area is 228 Å². The molecule has 1 aromatic heterocycles. The molecule has 2 saturated heterocycles. The van der Waals surface area contributed by atoms with Crippen LogP contribution in [0.15, 0.2) is 48.5 Å². The van der Waals surface area contributed by atoms with Gasteiger partial charge in [-0.15, -0.1) is 0 Å². The molecule has 0 spiro atoms. The fourth-order valence-electron chi connectivity index (χ4n) is 5.73. The van der Waals surface area contributed by atoms with E-state index in [2.05, 4.69) is 15.2 Å². The molecule has 11 heteroatoms. The molecule has 3 aromatic rings. The summed E-state index contributed by atoms with van der Waals surface area (Å²) in [6.45, 7) is 2.51. The molecule has 1 unspecified atom stereocenters. The first-order valence-electron chi connectivity index (χ1n) is 13.2. The number of hydrogen-bond donors (Lipinski definition) is 1. The lowest BCUT2D eigenvalue weighted by Gasteiger charge is -2.29. The maximum Gasteiger partial charge on any atom is 0.394 e. The van der Waals surface area contributed by atoms with Gasteiger partial charge >= 0.3 is 6.18 Å². The molecule has 3 amide bonds. The maximum atomic E-state index is 12.9. The molecule has 6 rings (SSSR count). The van der Waals surface area contributed by atoms with E-state index >= 15 is 0 Å². The van der Waals surface area contributed by atoms with Gasteiger partial charge in [0.1, 0.15) is 17.9 Å². The SMILES string of the molecule is O=C1CCC(N2Cc3cc(O[C@H]4CCN(Cc5ccc6nc(CC(F)(F)F)ccc6c5)C4)ccc3C2=O)C(=O)N1. The average Bonchev–Trinajstić information content (AvgIpc) is 3.46. The lowest BCUT2D eigenvalue weighted by molar-refractivity contribution is -0.137. The molecule has 2 fully saturated rings. The van der Waals surface area contributed by atoms with Gasteiger partial charge in [-0.3, -0.25) is 29.6 Å². The van der Waals surface area contributed by atoms with Gasteiger partial charge in [0.25, 0.3) is 5.91 Å². The molecule has 0 saturated carbocycles. The molecule has 8 nitrogen and oxygen atoms in total. The summed E-state index contributed by atoms with van der Waals surface area (Å²) in [6.07, 6.45) is -4.01. The number of ether oxygens (including phenoxy) is 1. The number of benzene rings is 2. The third kappa shape index (κ3) is 5.51. The number of fused-ring (bicyclic) bond motifs is 2. The van der Waals surface area contributed by atoms with Gasteiger partial charge in [-0.2, -0.15) is 13.2 Å². The quantitative estimate of drug-likeness (QED) is 0.469. The zero-order valence-electron chi connectivity index (χ0n) is 21.5. The molecule has 0 bridgehead atoms. The topological polar surface area (TPSA) is 91.8 Å². The van der Waals surface area contributed by atoms with E-state index in [0.717, 1.165) is 29.5 Å². The molecule has 0 aliphatic carbocycles. The minimum Gasteiger partial charge on any atom is -0.489 e. The van der Waals surface area contributed by atoms with Crippen molar-refractivity contribution in [2.24, 2.45) is 0 Å². The van der Waals surface area contributed by atoms with Gasteiger partial charge in [0.2, 0.25) is 11.8 Å². The molecule has 1 N–H and O–H groups in total. The van der Waals surface area contributed by atoms with Crippen LogP contribution in [-0.4, -0.2) is 63.9 Å². The van der Waals surface area contributed by atoms with E-state index in [4.69, 9.17) is 4.74 Å². The highest BCUT2D eigenvalue weighted by molar-refractivity contribution is 6.05. The highest BCUT2D eigenvalue weighted by atomic mass is 19.4. The zero-order valence-corrected chi connectivity index (χ0v) is 21.5. The summed E-state index contributed by atoms with van der Waals surface area (Å²) in [7, 11) is 0. The van der Waals surface area contributed by atoms with E-state index in [0.29, 0.717) is 42.9 Å². The van der Waals surface area contributed by atoms with E-state index in [1.807, 2.05) is 18.2 Å². The highest BCUT2D eigenvalue weighted by Gasteiger charge is 2.39. The van der Waals surface area contributed by atoms with Gasteiger partial charge < -0.3 is 9.64 Å². The summed E-state index contributed by atoms with van der Waals surface area (Å²) in [4.78, 5) is 44.6. The summed E-state index contributed by atoms with van der Waals surface area (Å²) < 4.78 is 44.3. The summed E-state index contributed by atoms with van der Waals surface area (Å²) in [5.41, 5.74) is 2.93. The fourth-order valence-corrected chi connectivity index (χ4v) is 5.73. The first-order valence-corrected chi connectivity index (χ1v) is 13.2. The van der Waals surface area contributed by atoms with Crippen LogP contribution in [0.25, 0.3) is 10.9 Å². The molecule has 208 valence electrons. The summed E-state index contributed by atoms with van der Waals surface area (Å²) >= 11 is 0. The molecule has 2 aromatic carbocycles.